The molecule has 0 saturated carbocycles. The number of likely N-dealkylation sites (tertiary alicyclic amines) is 1. The lowest BCUT2D eigenvalue weighted by Crippen LogP contribution is -2.23. The molecule has 0 aliphatic carbocycles. The molecule has 3 aromatic rings. The van der Waals surface area contributed by atoms with E-state index in [1.165, 1.54) is 0 Å². The van der Waals surface area contributed by atoms with Crippen molar-refractivity contribution < 1.29 is 9.05 Å². The van der Waals surface area contributed by atoms with Crippen molar-refractivity contribution in [1.82, 2.24) is 25.2 Å². The van der Waals surface area contributed by atoms with Crippen molar-refractivity contribution in [2.75, 3.05) is 6.54 Å². The number of hydrogen-bond acceptors (Lipinski definition) is 7. The summed E-state index contributed by atoms with van der Waals surface area (Å²) in [6, 6.07) is 6.09. The van der Waals surface area contributed by atoms with Gasteiger partial charge in [0.05, 0.1) is 12.6 Å². The van der Waals surface area contributed by atoms with Gasteiger partial charge in [-0.1, -0.05) is 24.2 Å². The van der Waals surface area contributed by atoms with E-state index in [4.69, 9.17) is 9.05 Å². The zero-order valence-electron chi connectivity index (χ0n) is 14.4. The standard InChI is InChI=1S/C18H21N5O2/c1-12(2)16-9-14(21-24-16)15-6-4-8-23(15)11-17-20-18(22-25-17)13-5-3-7-19-10-13/h3,5,7,9-10,12,15H,4,6,8,11H2,1-2H3/t15-/m0/s1. The molecule has 0 amide bonds. The zero-order valence-corrected chi connectivity index (χ0v) is 14.4. The molecule has 3 aromatic heterocycles. The van der Waals surface area contributed by atoms with Gasteiger partial charge in [-0.2, -0.15) is 4.98 Å². The lowest BCUT2D eigenvalue weighted by atomic mass is 10.1. The minimum atomic E-state index is 0.241. The van der Waals surface area contributed by atoms with Crippen molar-refractivity contribution in [2.24, 2.45) is 0 Å². The molecule has 7 nitrogen and oxygen atoms in total. The highest BCUT2D eigenvalue weighted by atomic mass is 16.5. The fourth-order valence-corrected chi connectivity index (χ4v) is 3.19. The lowest BCUT2D eigenvalue weighted by molar-refractivity contribution is 0.204. The fraction of sp³-hybridized carbons (Fsp3) is 0.444. The molecule has 1 aliphatic rings. The topological polar surface area (TPSA) is 81.1 Å². The largest absolute Gasteiger partial charge is 0.361 e. The van der Waals surface area contributed by atoms with Crippen LogP contribution >= 0.6 is 0 Å². The van der Waals surface area contributed by atoms with Gasteiger partial charge in [-0.25, -0.2) is 0 Å². The van der Waals surface area contributed by atoms with E-state index in [1.807, 2.05) is 12.1 Å². The molecule has 0 bridgehead atoms. The Morgan fingerprint density at radius 3 is 2.96 bits per heavy atom. The third-order valence-corrected chi connectivity index (χ3v) is 4.55. The fourth-order valence-electron chi connectivity index (χ4n) is 3.19. The van der Waals surface area contributed by atoms with Gasteiger partial charge in [0, 0.05) is 29.9 Å². The van der Waals surface area contributed by atoms with Crippen LogP contribution < -0.4 is 0 Å². The minimum Gasteiger partial charge on any atom is -0.361 e. The van der Waals surface area contributed by atoms with E-state index < -0.39 is 0 Å². The van der Waals surface area contributed by atoms with Crippen LogP contribution in [-0.4, -0.2) is 31.7 Å². The summed E-state index contributed by atoms with van der Waals surface area (Å²) >= 11 is 0. The summed E-state index contributed by atoms with van der Waals surface area (Å²) in [6.45, 7) is 5.81. The van der Waals surface area contributed by atoms with Gasteiger partial charge in [-0.15, -0.1) is 0 Å². The van der Waals surface area contributed by atoms with Gasteiger partial charge < -0.3 is 9.05 Å². The first-order valence-electron chi connectivity index (χ1n) is 8.64. The Hall–Kier alpha value is -2.54. The van der Waals surface area contributed by atoms with Crippen LogP contribution in [0.15, 0.2) is 39.6 Å². The van der Waals surface area contributed by atoms with Gasteiger partial charge >= 0.3 is 0 Å². The highest BCUT2D eigenvalue weighted by Crippen LogP contribution is 2.33. The van der Waals surface area contributed by atoms with E-state index >= 15 is 0 Å². The maximum atomic E-state index is 5.46. The van der Waals surface area contributed by atoms with Gasteiger partial charge in [0.1, 0.15) is 11.5 Å². The second-order valence-corrected chi connectivity index (χ2v) is 6.69. The van der Waals surface area contributed by atoms with Gasteiger partial charge in [-0.05, 0) is 31.5 Å². The third kappa shape index (κ3) is 3.32. The summed E-state index contributed by atoms with van der Waals surface area (Å²) in [5.41, 5.74) is 1.85. The molecule has 1 aliphatic heterocycles. The molecular weight excluding hydrogens is 318 g/mol. The summed E-state index contributed by atoms with van der Waals surface area (Å²) in [6.07, 6.45) is 5.64. The predicted octanol–water partition coefficient (Wildman–Crippen LogP) is 3.58. The molecule has 1 atom stereocenters. The van der Waals surface area contributed by atoms with E-state index in [2.05, 4.69) is 45.1 Å². The van der Waals surface area contributed by atoms with E-state index in [1.54, 1.807) is 12.4 Å². The van der Waals surface area contributed by atoms with Crippen LogP contribution in [0.25, 0.3) is 11.4 Å². The van der Waals surface area contributed by atoms with Crippen molar-refractivity contribution in [3.05, 3.63) is 47.9 Å². The summed E-state index contributed by atoms with van der Waals surface area (Å²) in [5.74, 6) is 2.45. The SMILES string of the molecule is CC(C)c1cc([C@@H]2CCCN2Cc2nc(-c3cccnc3)no2)no1. The molecule has 0 unspecified atom stereocenters. The van der Waals surface area contributed by atoms with Crippen LogP contribution in [0.4, 0.5) is 0 Å². The van der Waals surface area contributed by atoms with Gasteiger partial charge in [-0.3, -0.25) is 9.88 Å². The maximum Gasteiger partial charge on any atom is 0.241 e. The first-order valence-corrected chi connectivity index (χ1v) is 8.64. The number of pyridine rings is 1. The molecule has 1 saturated heterocycles. The lowest BCUT2D eigenvalue weighted by Gasteiger charge is -2.20. The summed E-state index contributed by atoms with van der Waals surface area (Å²) in [4.78, 5) is 10.9. The average molecular weight is 339 g/mol. The normalized spacial score (nSPS) is 18.3. The summed E-state index contributed by atoms with van der Waals surface area (Å²) in [5, 5.41) is 8.34. The summed E-state index contributed by atoms with van der Waals surface area (Å²) in [7, 11) is 0. The predicted molar refractivity (Wildman–Crippen MR) is 90.5 cm³/mol. The zero-order chi connectivity index (χ0) is 17.2. The van der Waals surface area contributed by atoms with E-state index in [0.29, 0.717) is 24.2 Å². The third-order valence-electron chi connectivity index (χ3n) is 4.55. The molecule has 4 rings (SSSR count). The Morgan fingerprint density at radius 1 is 1.28 bits per heavy atom. The molecule has 130 valence electrons. The first kappa shape index (κ1) is 16.0. The molecule has 7 heteroatoms. The molecule has 0 aromatic carbocycles. The number of rotatable bonds is 5. The van der Waals surface area contributed by atoms with E-state index in [9.17, 15) is 0 Å². The second-order valence-electron chi connectivity index (χ2n) is 6.69. The van der Waals surface area contributed by atoms with E-state index in [-0.39, 0.29) is 6.04 Å². The monoisotopic (exact) mass is 339 g/mol. The molecular formula is C18H21N5O2. The van der Waals surface area contributed by atoms with Crippen LogP contribution in [-0.2, 0) is 6.54 Å². The Kier molecular flexibility index (Phi) is 4.31. The van der Waals surface area contributed by atoms with Crippen molar-refractivity contribution in [3.8, 4) is 11.4 Å². The van der Waals surface area contributed by atoms with Crippen molar-refractivity contribution in [3.63, 3.8) is 0 Å². The molecule has 4 heterocycles. The molecule has 0 spiro atoms. The second kappa shape index (κ2) is 6.76. The van der Waals surface area contributed by atoms with Gasteiger partial charge in [0.15, 0.2) is 0 Å². The molecule has 0 radical (unpaired) electrons. The van der Waals surface area contributed by atoms with Crippen molar-refractivity contribution in [2.45, 2.75) is 45.2 Å². The number of hydrogen-bond donors (Lipinski definition) is 0. The molecule has 0 N–H and O–H groups in total. The maximum absolute atomic E-state index is 5.46. The van der Waals surface area contributed by atoms with Crippen LogP contribution in [0.2, 0.25) is 0 Å². The smallest absolute Gasteiger partial charge is 0.241 e. The highest BCUT2D eigenvalue weighted by Gasteiger charge is 2.30. The minimum absolute atomic E-state index is 0.241. The van der Waals surface area contributed by atoms with Crippen LogP contribution in [0.1, 0.15) is 56.0 Å². The van der Waals surface area contributed by atoms with Crippen LogP contribution in [0.3, 0.4) is 0 Å². The quantitative estimate of drug-likeness (QED) is 0.702. The summed E-state index contributed by atoms with van der Waals surface area (Å²) < 4.78 is 10.9. The Bertz CT molecular complexity index is 827. The average Bonchev–Trinajstić information content (AvgIpc) is 3.36. The van der Waals surface area contributed by atoms with Gasteiger partial charge in [0.25, 0.3) is 0 Å². The van der Waals surface area contributed by atoms with Gasteiger partial charge in [0.2, 0.25) is 11.7 Å². The van der Waals surface area contributed by atoms with Crippen molar-refractivity contribution >= 4 is 0 Å². The van der Waals surface area contributed by atoms with Crippen molar-refractivity contribution in [1.29, 1.82) is 0 Å². The Balaban J connectivity index is 1.49. The highest BCUT2D eigenvalue weighted by molar-refractivity contribution is 5.51. The van der Waals surface area contributed by atoms with E-state index in [0.717, 1.165) is 36.4 Å². The van der Waals surface area contributed by atoms with Crippen LogP contribution in [0.5, 0.6) is 0 Å². The Labute approximate surface area is 146 Å². The molecule has 1 fully saturated rings. The number of aromatic nitrogens is 4. The van der Waals surface area contributed by atoms with Crippen LogP contribution in [0, 0.1) is 0 Å². The Morgan fingerprint density at radius 2 is 2.20 bits per heavy atom. The molecule has 25 heavy (non-hydrogen) atoms. The number of nitrogens with zero attached hydrogens (tertiary/aromatic N) is 5. The first-order chi connectivity index (χ1) is 12.2.